The van der Waals surface area contributed by atoms with Gasteiger partial charge in [0.05, 0.1) is 0 Å². The zero-order valence-corrected chi connectivity index (χ0v) is 11.6. The average Bonchev–Trinajstić information content (AvgIpc) is 3.12. The highest BCUT2D eigenvalue weighted by atomic mass is 79.9. The summed E-state index contributed by atoms with van der Waals surface area (Å²) >= 11 is 3.48. The molecule has 3 heterocycles. The molecular weight excluding hydrogens is 310 g/mol. The van der Waals surface area contributed by atoms with Crippen LogP contribution in [-0.4, -0.2) is 36.6 Å². The predicted molar refractivity (Wildman–Crippen MR) is 73.5 cm³/mol. The van der Waals surface area contributed by atoms with Crippen molar-refractivity contribution in [2.24, 2.45) is 0 Å². The summed E-state index contributed by atoms with van der Waals surface area (Å²) in [5.74, 6) is 1.80. The van der Waals surface area contributed by atoms with Crippen molar-refractivity contribution in [3.63, 3.8) is 0 Å². The molecule has 0 aliphatic rings. The van der Waals surface area contributed by atoms with Crippen LogP contribution >= 0.6 is 15.9 Å². The molecule has 8 heteroatoms. The molecule has 0 spiro atoms. The monoisotopic (exact) mass is 319 g/mol. The van der Waals surface area contributed by atoms with Crippen LogP contribution in [0.15, 0.2) is 41.4 Å². The van der Waals surface area contributed by atoms with Gasteiger partial charge in [0, 0.05) is 31.8 Å². The van der Waals surface area contributed by atoms with Crippen LogP contribution in [0.5, 0.6) is 0 Å². The molecule has 3 aromatic rings. The van der Waals surface area contributed by atoms with Crippen LogP contribution in [0, 0.1) is 0 Å². The summed E-state index contributed by atoms with van der Waals surface area (Å²) in [7, 11) is 1.80. The molecule has 0 aliphatic carbocycles. The summed E-state index contributed by atoms with van der Waals surface area (Å²) in [6, 6.07) is 3.65. The maximum absolute atomic E-state index is 4.47. The second kappa shape index (κ2) is 4.81. The van der Waals surface area contributed by atoms with Crippen molar-refractivity contribution in [3.05, 3.63) is 41.4 Å². The molecule has 3 aromatic heterocycles. The van der Waals surface area contributed by atoms with E-state index < -0.39 is 0 Å². The summed E-state index contributed by atoms with van der Waals surface area (Å²) in [5.41, 5.74) is 0. The lowest BCUT2D eigenvalue weighted by Gasteiger charge is -2.10. The lowest BCUT2D eigenvalue weighted by atomic mass is 10.5. The van der Waals surface area contributed by atoms with Gasteiger partial charge in [-0.15, -0.1) is 0 Å². The normalized spacial score (nSPS) is 10.6. The first-order valence-electron chi connectivity index (χ1n) is 5.55. The number of nitrogens with zero attached hydrogens (tertiary/aromatic N) is 6. The van der Waals surface area contributed by atoms with Gasteiger partial charge in [0.1, 0.15) is 10.3 Å². The molecule has 0 bridgehead atoms. The number of hydrogen-bond acceptors (Lipinski definition) is 5. The minimum absolute atomic E-state index is 0.475. The number of hydrogen-bond donors (Lipinski definition) is 1. The van der Waals surface area contributed by atoms with Gasteiger partial charge in [-0.2, -0.15) is 20.2 Å². The van der Waals surface area contributed by atoms with E-state index in [1.165, 1.54) is 0 Å². The van der Waals surface area contributed by atoms with E-state index in [1.54, 1.807) is 35.0 Å². The summed E-state index contributed by atoms with van der Waals surface area (Å²) in [5, 5.41) is 11.3. The molecular formula is C11H10BrN7. The van der Waals surface area contributed by atoms with E-state index in [0.29, 0.717) is 17.6 Å². The molecule has 0 unspecified atom stereocenters. The van der Waals surface area contributed by atoms with Crippen LogP contribution in [0.4, 0.5) is 5.82 Å². The average molecular weight is 320 g/mol. The second-order valence-corrected chi connectivity index (χ2v) is 4.45. The third-order valence-electron chi connectivity index (χ3n) is 2.49. The van der Waals surface area contributed by atoms with Crippen molar-refractivity contribution in [2.75, 3.05) is 12.4 Å². The molecule has 0 radical (unpaired) electrons. The molecule has 3 rings (SSSR count). The fraction of sp³-hybridized carbons (Fsp3) is 0.0909. The van der Waals surface area contributed by atoms with Gasteiger partial charge >= 0.3 is 0 Å². The summed E-state index contributed by atoms with van der Waals surface area (Å²) in [4.78, 5) is 8.86. The Labute approximate surface area is 117 Å². The second-order valence-electron chi connectivity index (χ2n) is 3.66. The summed E-state index contributed by atoms with van der Waals surface area (Å²) < 4.78 is 4.01. The van der Waals surface area contributed by atoms with Crippen molar-refractivity contribution in [3.8, 4) is 11.8 Å². The first kappa shape index (κ1) is 11.8. The van der Waals surface area contributed by atoms with E-state index in [4.69, 9.17) is 0 Å². The molecule has 0 aromatic carbocycles. The minimum Gasteiger partial charge on any atom is -0.372 e. The zero-order valence-electron chi connectivity index (χ0n) is 10.0. The Balaban J connectivity index is 2.21. The van der Waals surface area contributed by atoms with Gasteiger partial charge in [0.25, 0.3) is 5.95 Å². The van der Waals surface area contributed by atoms with E-state index in [2.05, 4.69) is 41.4 Å². The Hall–Kier alpha value is -2.22. The SMILES string of the molecule is CNc1nc(-n2cccn2)nc(-n2cccn2)c1Br. The van der Waals surface area contributed by atoms with E-state index >= 15 is 0 Å². The van der Waals surface area contributed by atoms with E-state index in [1.807, 2.05) is 18.3 Å². The Morgan fingerprint density at radius 1 is 1.05 bits per heavy atom. The van der Waals surface area contributed by atoms with E-state index in [9.17, 15) is 0 Å². The highest BCUT2D eigenvalue weighted by Crippen LogP contribution is 2.26. The Morgan fingerprint density at radius 3 is 2.32 bits per heavy atom. The molecule has 0 amide bonds. The lowest BCUT2D eigenvalue weighted by molar-refractivity contribution is 0.772. The number of anilines is 1. The van der Waals surface area contributed by atoms with Crippen LogP contribution < -0.4 is 5.32 Å². The Morgan fingerprint density at radius 2 is 1.74 bits per heavy atom. The number of aromatic nitrogens is 6. The zero-order chi connectivity index (χ0) is 13.2. The van der Waals surface area contributed by atoms with Crippen LogP contribution in [0.3, 0.4) is 0 Å². The molecule has 0 atom stereocenters. The maximum atomic E-state index is 4.47. The molecule has 0 saturated heterocycles. The lowest BCUT2D eigenvalue weighted by Crippen LogP contribution is -2.10. The molecule has 0 aliphatic heterocycles. The molecule has 96 valence electrons. The smallest absolute Gasteiger partial charge is 0.254 e. The summed E-state index contributed by atoms with van der Waals surface area (Å²) in [6.07, 6.45) is 6.98. The highest BCUT2D eigenvalue weighted by molar-refractivity contribution is 9.10. The van der Waals surface area contributed by atoms with Gasteiger partial charge in [-0.1, -0.05) is 0 Å². The van der Waals surface area contributed by atoms with Gasteiger partial charge in [-0.3, -0.25) is 0 Å². The van der Waals surface area contributed by atoms with Gasteiger partial charge in [0.15, 0.2) is 5.82 Å². The topological polar surface area (TPSA) is 73.5 Å². The van der Waals surface area contributed by atoms with Crippen molar-refractivity contribution < 1.29 is 0 Å². The first-order valence-corrected chi connectivity index (χ1v) is 6.34. The van der Waals surface area contributed by atoms with Crippen LogP contribution in [0.2, 0.25) is 0 Å². The number of halogens is 1. The third-order valence-corrected chi connectivity index (χ3v) is 3.22. The molecule has 0 fully saturated rings. The minimum atomic E-state index is 0.475. The van der Waals surface area contributed by atoms with Crippen LogP contribution in [0.1, 0.15) is 0 Å². The van der Waals surface area contributed by atoms with Crippen LogP contribution in [0.25, 0.3) is 11.8 Å². The molecule has 19 heavy (non-hydrogen) atoms. The quantitative estimate of drug-likeness (QED) is 0.794. The third kappa shape index (κ3) is 2.10. The molecule has 1 N–H and O–H groups in total. The number of rotatable bonds is 3. The van der Waals surface area contributed by atoms with Crippen molar-refractivity contribution in [1.29, 1.82) is 0 Å². The Bertz CT molecular complexity index is 675. The van der Waals surface area contributed by atoms with E-state index in [-0.39, 0.29) is 0 Å². The van der Waals surface area contributed by atoms with Crippen molar-refractivity contribution >= 4 is 21.7 Å². The number of nitrogens with one attached hydrogen (secondary N) is 1. The molecule has 0 saturated carbocycles. The largest absolute Gasteiger partial charge is 0.372 e. The van der Waals surface area contributed by atoms with Crippen molar-refractivity contribution in [1.82, 2.24) is 29.5 Å². The van der Waals surface area contributed by atoms with Gasteiger partial charge in [-0.05, 0) is 28.1 Å². The maximum Gasteiger partial charge on any atom is 0.254 e. The van der Waals surface area contributed by atoms with Crippen molar-refractivity contribution in [2.45, 2.75) is 0 Å². The van der Waals surface area contributed by atoms with Gasteiger partial charge in [-0.25, -0.2) is 9.36 Å². The van der Waals surface area contributed by atoms with Gasteiger partial charge < -0.3 is 5.32 Å². The first-order chi connectivity index (χ1) is 9.29. The highest BCUT2D eigenvalue weighted by Gasteiger charge is 2.14. The standard InChI is InChI=1S/C11H10BrN7/c1-13-9-8(12)10(18-6-2-4-14-18)17-11(16-9)19-7-3-5-15-19/h2-7H,1H3,(H,13,16,17). The molecule has 7 nitrogen and oxygen atoms in total. The van der Waals surface area contributed by atoms with Crippen LogP contribution in [-0.2, 0) is 0 Å². The predicted octanol–water partition coefficient (Wildman–Crippen LogP) is 1.65. The summed E-state index contributed by atoms with van der Waals surface area (Å²) in [6.45, 7) is 0. The fourth-order valence-electron chi connectivity index (χ4n) is 1.62. The Kier molecular flexibility index (Phi) is 3.00. The van der Waals surface area contributed by atoms with Gasteiger partial charge in [0.2, 0.25) is 0 Å². The van der Waals surface area contributed by atoms with E-state index in [0.717, 1.165) is 4.47 Å². The fourth-order valence-corrected chi connectivity index (χ4v) is 2.18.